The molecule has 6 nitrogen and oxygen atoms in total. The van der Waals surface area contributed by atoms with Crippen LogP contribution in [-0.4, -0.2) is 49.9 Å². The summed E-state index contributed by atoms with van der Waals surface area (Å²) in [5, 5.41) is 3.10. The molecule has 0 aromatic rings. The van der Waals surface area contributed by atoms with Crippen molar-refractivity contribution >= 4 is 12.2 Å². The number of nitrogens with zero attached hydrogens (tertiary/aromatic N) is 1. The summed E-state index contributed by atoms with van der Waals surface area (Å²) in [5.41, 5.74) is 0. The van der Waals surface area contributed by atoms with Crippen LogP contribution >= 0.6 is 0 Å². The molecule has 1 N–H and O–H groups in total. The van der Waals surface area contributed by atoms with E-state index >= 15 is 0 Å². The SMILES string of the molecule is CCCCOC(=O)OC(=O)N1CCNCC1. The predicted molar refractivity (Wildman–Crippen MR) is 57.2 cm³/mol. The van der Waals surface area contributed by atoms with E-state index < -0.39 is 12.2 Å². The van der Waals surface area contributed by atoms with E-state index in [0.29, 0.717) is 19.7 Å². The number of carbonyl (C=O) groups is 2. The molecule has 0 aromatic carbocycles. The summed E-state index contributed by atoms with van der Waals surface area (Å²) in [6, 6.07) is 0. The van der Waals surface area contributed by atoms with Crippen molar-refractivity contribution in [2.24, 2.45) is 0 Å². The molecule has 16 heavy (non-hydrogen) atoms. The van der Waals surface area contributed by atoms with Crippen molar-refractivity contribution in [3.05, 3.63) is 0 Å². The fourth-order valence-electron chi connectivity index (χ4n) is 1.31. The number of hydrogen-bond donors (Lipinski definition) is 1. The summed E-state index contributed by atoms with van der Waals surface area (Å²) in [4.78, 5) is 24.0. The zero-order valence-corrected chi connectivity index (χ0v) is 9.53. The molecule has 1 aliphatic rings. The number of rotatable bonds is 3. The zero-order valence-electron chi connectivity index (χ0n) is 9.53. The number of amides is 1. The zero-order chi connectivity index (χ0) is 11.8. The van der Waals surface area contributed by atoms with Gasteiger partial charge in [-0.15, -0.1) is 0 Å². The van der Waals surface area contributed by atoms with Crippen LogP contribution in [0.25, 0.3) is 0 Å². The number of ether oxygens (including phenoxy) is 2. The molecule has 0 spiro atoms. The van der Waals surface area contributed by atoms with E-state index in [9.17, 15) is 9.59 Å². The van der Waals surface area contributed by atoms with E-state index in [0.717, 1.165) is 25.9 Å². The van der Waals surface area contributed by atoms with Crippen LogP contribution in [0.2, 0.25) is 0 Å². The highest BCUT2D eigenvalue weighted by Gasteiger charge is 2.20. The van der Waals surface area contributed by atoms with Gasteiger partial charge in [0.2, 0.25) is 0 Å². The lowest BCUT2D eigenvalue weighted by atomic mass is 10.4. The Kier molecular flexibility index (Phi) is 5.63. The average Bonchev–Trinajstić information content (AvgIpc) is 2.30. The van der Waals surface area contributed by atoms with Crippen LogP contribution in [-0.2, 0) is 9.47 Å². The molecule has 0 atom stereocenters. The Balaban J connectivity index is 2.19. The molecule has 0 aromatic heterocycles. The molecule has 0 saturated carbocycles. The first-order valence-electron chi connectivity index (χ1n) is 5.58. The van der Waals surface area contributed by atoms with Crippen molar-refractivity contribution in [1.29, 1.82) is 0 Å². The molecule has 1 heterocycles. The van der Waals surface area contributed by atoms with Gasteiger partial charge in [0.15, 0.2) is 0 Å². The van der Waals surface area contributed by atoms with Gasteiger partial charge in [0.25, 0.3) is 0 Å². The van der Waals surface area contributed by atoms with Gasteiger partial charge in [-0.05, 0) is 6.42 Å². The molecule has 1 saturated heterocycles. The van der Waals surface area contributed by atoms with E-state index in [1.165, 1.54) is 4.90 Å². The van der Waals surface area contributed by atoms with Crippen LogP contribution in [0.5, 0.6) is 0 Å². The Morgan fingerprint density at radius 1 is 1.31 bits per heavy atom. The minimum Gasteiger partial charge on any atom is -0.434 e. The lowest BCUT2D eigenvalue weighted by Crippen LogP contribution is -2.47. The van der Waals surface area contributed by atoms with E-state index in [1.807, 2.05) is 6.92 Å². The molecule has 92 valence electrons. The average molecular weight is 230 g/mol. The van der Waals surface area contributed by atoms with Crippen LogP contribution in [0.3, 0.4) is 0 Å². The topological polar surface area (TPSA) is 67.9 Å². The Bertz CT molecular complexity index is 239. The van der Waals surface area contributed by atoms with Crippen LogP contribution in [0.15, 0.2) is 0 Å². The summed E-state index contributed by atoms with van der Waals surface area (Å²) in [6.45, 7) is 4.84. The van der Waals surface area contributed by atoms with E-state index in [1.54, 1.807) is 0 Å². The van der Waals surface area contributed by atoms with Crippen LogP contribution in [0, 0.1) is 0 Å². The molecule has 6 heteroatoms. The molecule has 1 amide bonds. The van der Waals surface area contributed by atoms with Crippen molar-refractivity contribution in [3.63, 3.8) is 0 Å². The van der Waals surface area contributed by atoms with Gasteiger partial charge in [-0.2, -0.15) is 0 Å². The summed E-state index contributed by atoms with van der Waals surface area (Å²) in [5.74, 6) is 0. The number of carbonyl (C=O) groups excluding carboxylic acids is 2. The van der Waals surface area contributed by atoms with Crippen molar-refractivity contribution < 1.29 is 19.1 Å². The molecule has 1 aliphatic heterocycles. The summed E-state index contributed by atoms with van der Waals surface area (Å²) >= 11 is 0. The number of hydrogen-bond acceptors (Lipinski definition) is 5. The highest BCUT2D eigenvalue weighted by Crippen LogP contribution is 1.99. The second-order valence-electron chi connectivity index (χ2n) is 3.56. The third-order valence-corrected chi connectivity index (χ3v) is 2.26. The third kappa shape index (κ3) is 4.48. The minimum absolute atomic E-state index is 0.296. The Morgan fingerprint density at radius 2 is 2.00 bits per heavy atom. The summed E-state index contributed by atoms with van der Waals surface area (Å²) in [6.07, 6.45) is 0.177. The molecule has 0 aliphatic carbocycles. The molecule has 0 bridgehead atoms. The lowest BCUT2D eigenvalue weighted by molar-refractivity contribution is 0.0578. The first kappa shape index (κ1) is 12.8. The number of nitrogens with one attached hydrogen (secondary N) is 1. The maximum atomic E-state index is 11.4. The van der Waals surface area contributed by atoms with Gasteiger partial charge < -0.3 is 19.7 Å². The van der Waals surface area contributed by atoms with Gasteiger partial charge in [0.1, 0.15) is 0 Å². The van der Waals surface area contributed by atoms with Gasteiger partial charge >= 0.3 is 12.2 Å². The fourth-order valence-corrected chi connectivity index (χ4v) is 1.31. The largest absolute Gasteiger partial charge is 0.517 e. The van der Waals surface area contributed by atoms with Crippen LogP contribution in [0.1, 0.15) is 19.8 Å². The second-order valence-corrected chi connectivity index (χ2v) is 3.56. The van der Waals surface area contributed by atoms with Gasteiger partial charge in [-0.25, -0.2) is 9.59 Å². The Morgan fingerprint density at radius 3 is 2.62 bits per heavy atom. The number of piperazine rings is 1. The Labute approximate surface area is 94.9 Å². The quantitative estimate of drug-likeness (QED) is 0.444. The lowest BCUT2D eigenvalue weighted by Gasteiger charge is -2.25. The van der Waals surface area contributed by atoms with Crippen molar-refractivity contribution in [2.75, 3.05) is 32.8 Å². The van der Waals surface area contributed by atoms with Gasteiger partial charge in [0, 0.05) is 26.2 Å². The Hall–Kier alpha value is -1.30. The van der Waals surface area contributed by atoms with Crippen molar-refractivity contribution in [2.45, 2.75) is 19.8 Å². The van der Waals surface area contributed by atoms with Gasteiger partial charge in [-0.3, -0.25) is 0 Å². The highest BCUT2D eigenvalue weighted by molar-refractivity contribution is 5.80. The van der Waals surface area contributed by atoms with Gasteiger partial charge in [0.05, 0.1) is 6.61 Å². The highest BCUT2D eigenvalue weighted by atomic mass is 16.7. The molecular weight excluding hydrogens is 212 g/mol. The van der Waals surface area contributed by atoms with E-state index in [-0.39, 0.29) is 0 Å². The molecular formula is C10H18N2O4. The maximum Gasteiger partial charge on any atom is 0.517 e. The van der Waals surface area contributed by atoms with Gasteiger partial charge in [-0.1, -0.05) is 13.3 Å². The molecule has 1 rings (SSSR count). The van der Waals surface area contributed by atoms with Crippen molar-refractivity contribution in [1.82, 2.24) is 10.2 Å². The third-order valence-electron chi connectivity index (χ3n) is 2.26. The van der Waals surface area contributed by atoms with Crippen LogP contribution < -0.4 is 5.32 Å². The minimum atomic E-state index is -0.906. The monoisotopic (exact) mass is 230 g/mol. The maximum absolute atomic E-state index is 11.4. The van der Waals surface area contributed by atoms with Crippen LogP contribution in [0.4, 0.5) is 9.59 Å². The smallest absolute Gasteiger partial charge is 0.434 e. The van der Waals surface area contributed by atoms with E-state index in [4.69, 9.17) is 4.74 Å². The number of unbranched alkanes of at least 4 members (excludes halogenated alkanes) is 1. The van der Waals surface area contributed by atoms with Crippen molar-refractivity contribution in [3.8, 4) is 0 Å². The second kappa shape index (κ2) is 7.05. The summed E-state index contributed by atoms with van der Waals surface area (Å²) < 4.78 is 9.25. The fraction of sp³-hybridized carbons (Fsp3) is 0.800. The molecule has 0 radical (unpaired) electrons. The standard InChI is InChI=1S/C10H18N2O4/c1-2-3-8-15-10(14)16-9(13)12-6-4-11-5-7-12/h11H,2-8H2,1H3. The predicted octanol–water partition coefficient (Wildman–Crippen LogP) is 0.965. The first-order valence-corrected chi connectivity index (χ1v) is 5.58. The first-order chi connectivity index (χ1) is 7.74. The van der Waals surface area contributed by atoms with E-state index in [2.05, 4.69) is 10.1 Å². The normalized spacial score (nSPS) is 15.7. The molecule has 0 unspecified atom stereocenters. The molecule has 1 fully saturated rings. The summed E-state index contributed by atoms with van der Waals surface area (Å²) in [7, 11) is 0.